The summed E-state index contributed by atoms with van der Waals surface area (Å²) in [7, 11) is -3.72. The van der Waals surface area contributed by atoms with E-state index in [-0.39, 0.29) is 17.3 Å². The lowest BCUT2D eigenvalue weighted by Crippen LogP contribution is -2.48. The number of benzene rings is 2. The third-order valence-corrected chi connectivity index (χ3v) is 6.68. The van der Waals surface area contributed by atoms with Crippen molar-refractivity contribution < 1.29 is 13.2 Å². The molecule has 0 radical (unpaired) electrons. The molecule has 0 saturated carbocycles. The molecule has 1 heterocycles. The summed E-state index contributed by atoms with van der Waals surface area (Å²) in [6.45, 7) is 8.05. The number of sulfonamides is 1. The molecule has 1 fully saturated rings. The van der Waals surface area contributed by atoms with E-state index in [1.54, 1.807) is 24.0 Å². The van der Waals surface area contributed by atoms with E-state index >= 15 is 0 Å². The van der Waals surface area contributed by atoms with Crippen LogP contribution in [0.25, 0.3) is 0 Å². The minimum Gasteiger partial charge on any atom is -0.336 e. The van der Waals surface area contributed by atoms with Gasteiger partial charge in [0.1, 0.15) is 0 Å². The topological polar surface area (TPSA) is 69.7 Å². The molecule has 2 aromatic rings. The van der Waals surface area contributed by atoms with Crippen LogP contribution in [0.3, 0.4) is 0 Å². The maximum atomic E-state index is 12.9. The maximum Gasteiger partial charge on any atom is 0.253 e. The molecule has 0 spiro atoms. The van der Waals surface area contributed by atoms with Crippen molar-refractivity contribution in [1.82, 2.24) is 14.5 Å². The fourth-order valence-electron chi connectivity index (χ4n) is 3.32. The standard InChI is InChI=1S/C21H27N3O3S/c1-3-23-11-13-24(14-12-23)21(25)19-10-9-17(2)20(15-19)28(26,27)22-16-18-7-5-4-6-8-18/h4-10,15,22H,3,11-14,16H2,1-2H3. The zero-order valence-electron chi connectivity index (χ0n) is 16.4. The minimum atomic E-state index is -3.72. The molecular weight excluding hydrogens is 374 g/mol. The summed E-state index contributed by atoms with van der Waals surface area (Å²) < 4.78 is 28.3. The van der Waals surface area contributed by atoms with Gasteiger partial charge in [0.25, 0.3) is 5.91 Å². The number of amides is 1. The van der Waals surface area contributed by atoms with Crippen molar-refractivity contribution >= 4 is 15.9 Å². The van der Waals surface area contributed by atoms with Crippen LogP contribution in [0.1, 0.15) is 28.4 Å². The Morgan fingerprint density at radius 2 is 1.71 bits per heavy atom. The van der Waals surface area contributed by atoms with Crippen molar-refractivity contribution in [2.24, 2.45) is 0 Å². The van der Waals surface area contributed by atoms with Crippen LogP contribution in [0.4, 0.5) is 0 Å². The number of rotatable bonds is 6. The molecule has 1 saturated heterocycles. The van der Waals surface area contributed by atoms with Crippen LogP contribution < -0.4 is 4.72 Å². The van der Waals surface area contributed by atoms with E-state index < -0.39 is 10.0 Å². The number of carbonyl (C=O) groups is 1. The van der Waals surface area contributed by atoms with Gasteiger partial charge >= 0.3 is 0 Å². The maximum absolute atomic E-state index is 12.9. The second-order valence-corrected chi connectivity index (χ2v) is 8.75. The van der Waals surface area contributed by atoms with Gasteiger partial charge in [0, 0.05) is 38.3 Å². The number of carbonyl (C=O) groups excluding carboxylic acids is 1. The van der Waals surface area contributed by atoms with Crippen molar-refractivity contribution in [1.29, 1.82) is 0 Å². The third-order valence-electron chi connectivity index (χ3n) is 5.14. The van der Waals surface area contributed by atoms with Crippen molar-refractivity contribution in [3.8, 4) is 0 Å². The van der Waals surface area contributed by atoms with Gasteiger partial charge in [-0.1, -0.05) is 43.3 Å². The predicted molar refractivity (Wildman–Crippen MR) is 110 cm³/mol. The fraction of sp³-hybridized carbons (Fsp3) is 0.381. The average Bonchev–Trinajstić information content (AvgIpc) is 2.73. The highest BCUT2D eigenvalue weighted by molar-refractivity contribution is 7.89. The molecule has 0 aliphatic carbocycles. The summed E-state index contributed by atoms with van der Waals surface area (Å²) in [5, 5.41) is 0. The Kier molecular flexibility index (Phi) is 6.49. The molecule has 6 nitrogen and oxygen atoms in total. The van der Waals surface area contributed by atoms with E-state index in [1.807, 2.05) is 30.3 Å². The van der Waals surface area contributed by atoms with Gasteiger partial charge in [0.2, 0.25) is 10.0 Å². The summed E-state index contributed by atoms with van der Waals surface area (Å²) in [6, 6.07) is 14.3. The van der Waals surface area contributed by atoms with E-state index in [4.69, 9.17) is 0 Å². The number of likely N-dealkylation sites (N-methyl/N-ethyl adjacent to an activating group) is 1. The molecule has 7 heteroatoms. The van der Waals surface area contributed by atoms with Crippen molar-refractivity contribution in [3.05, 3.63) is 65.2 Å². The first-order valence-corrected chi connectivity index (χ1v) is 11.0. The molecule has 0 unspecified atom stereocenters. The highest BCUT2D eigenvalue weighted by Crippen LogP contribution is 2.19. The normalized spacial score (nSPS) is 15.6. The second-order valence-electron chi connectivity index (χ2n) is 7.02. The molecule has 1 N–H and O–H groups in total. The van der Waals surface area contributed by atoms with Gasteiger partial charge in [0.05, 0.1) is 4.90 Å². The van der Waals surface area contributed by atoms with Gasteiger partial charge in [0.15, 0.2) is 0 Å². The van der Waals surface area contributed by atoms with Crippen molar-refractivity contribution in [3.63, 3.8) is 0 Å². The molecule has 3 rings (SSSR count). The van der Waals surface area contributed by atoms with Crippen molar-refractivity contribution in [2.45, 2.75) is 25.3 Å². The van der Waals surface area contributed by atoms with Crippen LogP contribution in [-0.2, 0) is 16.6 Å². The lowest BCUT2D eigenvalue weighted by Gasteiger charge is -2.34. The van der Waals surface area contributed by atoms with Crippen LogP contribution >= 0.6 is 0 Å². The van der Waals surface area contributed by atoms with Gasteiger partial charge in [-0.3, -0.25) is 4.79 Å². The Bertz CT molecular complexity index is 921. The Labute approximate surface area is 167 Å². The Hall–Kier alpha value is -2.22. The molecule has 1 amide bonds. The first kappa shape index (κ1) is 20.5. The Balaban J connectivity index is 1.76. The van der Waals surface area contributed by atoms with Crippen molar-refractivity contribution in [2.75, 3.05) is 32.7 Å². The molecule has 0 atom stereocenters. The van der Waals surface area contributed by atoms with E-state index in [9.17, 15) is 13.2 Å². The van der Waals surface area contributed by atoms with Crippen LogP contribution in [0.5, 0.6) is 0 Å². The van der Waals surface area contributed by atoms with E-state index in [2.05, 4.69) is 16.5 Å². The largest absolute Gasteiger partial charge is 0.336 e. The van der Waals surface area contributed by atoms with Crippen LogP contribution in [0, 0.1) is 6.92 Å². The average molecular weight is 402 g/mol. The molecule has 1 aliphatic heterocycles. The van der Waals surface area contributed by atoms with Crippen LogP contribution in [0.15, 0.2) is 53.4 Å². The number of hydrogen-bond acceptors (Lipinski definition) is 4. The smallest absolute Gasteiger partial charge is 0.253 e. The monoisotopic (exact) mass is 401 g/mol. The molecule has 2 aromatic carbocycles. The van der Waals surface area contributed by atoms with Gasteiger partial charge in [-0.25, -0.2) is 13.1 Å². The molecule has 0 bridgehead atoms. The number of nitrogens with one attached hydrogen (secondary N) is 1. The summed E-state index contributed by atoms with van der Waals surface area (Å²) in [5.41, 5.74) is 1.91. The zero-order chi connectivity index (χ0) is 20.1. The number of nitrogens with zero attached hydrogens (tertiary/aromatic N) is 2. The number of hydrogen-bond donors (Lipinski definition) is 1. The number of aryl methyl sites for hydroxylation is 1. The molecule has 28 heavy (non-hydrogen) atoms. The van der Waals surface area contributed by atoms with E-state index in [0.717, 1.165) is 25.2 Å². The van der Waals surface area contributed by atoms with Gasteiger partial charge < -0.3 is 9.80 Å². The fourth-order valence-corrected chi connectivity index (χ4v) is 4.61. The molecule has 1 aliphatic rings. The van der Waals surface area contributed by atoms with E-state index in [1.165, 1.54) is 6.07 Å². The molecule has 150 valence electrons. The van der Waals surface area contributed by atoms with Crippen LogP contribution in [0.2, 0.25) is 0 Å². The van der Waals surface area contributed by atoms with Crippen LogP contribution in [-0.4, -0.2) is 56.8 Å². The molecular formula is C21H27N3O3S. The minimum absolute atomic E-state index is 0.115. The lowest BCUT2D eigenvalue weighted by molar-refractivity contribution is 0.0643. The number of piperazine rings is 1. The van der Waals surface area contributed by atoms with Gasteiger partial charge in [-0.15, -0.1) is 0 Å². The molecule has 0 aromatic heterocycles. The highest BCUT2D eigenvalue weighted by atomic mass is 32.2. The quantitative estimate of drug-likeness (QED) is 0.806. The Morgan fingerprint density at radius 1 is 1.04 bits per heavy atom. The highest BCUT2D eigenvalue weighted by Gasteiger charge is 2.24. The first-order chi connectivity index (χ1) is 13.4. The zero-order valence-corrected chi connectivity index (χ0v) is 17.2. The lowest BCUT2D eigenvalue weighted by atomic mass is 10.1. The second kappa shape index (κ2) is 8.86. The third kappa shape index (κ3) is 4.79. The Morgan fingerprint density at radius 3 is 2.36 bits per heavy atom. The van der Waals surface area contributed by atoms with E-state index in [0.29, 0.717) is 24.2 Å². The summed E-state index contributed by atoms with van der Waals surface area (Å²) in [5.74, 6) is -0.115. The SMILES string of the molecule is CCN1CCN(C(=O)c2ccc(C)c(S(=O)(=O)NCc3ccccc3)c2)CC1. The summed E-state index contributed by atoms with van der Waals surface area (Å²) >= 11 is 0. The van der Waals surface area contributed by atoms with Gasteiger partial charge in [-0.2, -0.15) is 0 Å². The predicted octanol–water partition coefficient (Wildman–Crippen LogP) is 2.25. The summed E-state index contributed by atoms with van der Waals surface area (Å²) in [6.07, 6.45) is 0. The first-order valence-electron chi connectivity index (χ1n) is 9.56. The van der Waals surface area contributed by atoms with Gasteiger partial charge in [-0.05, 0) is 36.7 Å². The summed E-state index contributed by atoms with van der Waals surface area (Å²) in [4.78, 5) is 17.1.